The molecule has 1 aromatic carbocycles. The Morgan fingerprint density at radius 1 is 1.15 bits per heavy atom. The summed E-state index contributed by atoms with van der Waals surface area (Å²) in [4.78, 5) is 4.07. The van der Waals surface area contributed by atoms with Crippen LogP contribution in [0.15, 0.2) is 48.8 Å². The quantitative estimate of drug-likeness (QED) is 0.905. The van der Waals surface area contributed by atoms with Gasteiger partial charge in [-0.1, -0.05) is 29.8 Å². The van der Waals surface area contributed by atoms with Crippen LogP contribution in [0.1, 0.15) is 48.4 Å². The number of nitrogens with zero attached hydrogens (tertiary/aromatic N) is 1. The van der Waals surface area contributed by atoms with Gasteiger partial charge in [0.25, 0.3) is 0 Å². The Morgan fingerprint density at radius 2 is 1.90 bits per heavy atom. The zero-order chi connectivity index (χ0) is 13.9. The van der Waals surface area contributed by atoms with Gasteiger partial charge in [0.1, 0.15) is 0 Å². The highest BCUT2D eigenvalue weighted by Gasteiger charge is 2.31. The maximum Gasteiger partial charge on any atom is 0.0295 e. The highest BCUT2D eigenvalue weighted by molar-refractivity contribution is 5.28. The molecule has 1 aliphatic carbocycles. The van der Waals surface area contributed by atoms with Crippen molar-refractivity contribution < 1.29 is 0 Å². The predicted octanol–water partition coefficient (Wildman–Crippen LogP) is 3.99. The Labute approximate surface area is 121 Å². The first-order valence-corrected chi connectivity index (χ1v) is 7.45. The number of rotatable bonds is 4. The average molecular weight is 266 g/mol. The van der Waals surface area contributed by atoms with Crippen molar-refractivity contribution in [1.82, 2.24) is 10.3 Å². The number of hydrogen-bond donors (Lipinski definition) is 1. The molecule has 0 radical (unpaired) electrons. The van der Waals surface area contributed by atoms with E-state index in [4.69, 9.17) is 0 Å². The summed E-state index contributed by atoms with van der Waals surface area (Å²) in [5.41, 5.74) is 4.18. The highest BCUT2D eigenvalue weighted by Crippen LogP contribution is 2.38. The van der Waals surface area contributed by atoms with Crippen LogP contribution < -0.4 is 5.32 Å². The van der Waals surface area contributed by atoms with Gasteiger partial charge in [-0.2, -0.15) is 0 Å². The summed E-state index contributed by atoms with van der Waals surface area (Å²) in [6.45, 7) is 4.40. The van der Waals surface area contributed by atoms with Gasteiger partial charge in [-0.05, 0) is 55.9 Å². The van der Waals surface area contributed by atoms with Gasteiger partial charge >= 0.3 is 0 Å². The minimum absolute atomic E-state index is 0.404. The summed E-state index contributed by atoms with van der Waals surface area (Å²) < 4.78 is 0. The topological polar surface area (TPSA) is 24.9 Å². The number of nitrogens with one attached hydrogen (secondary N) is 1. The van der Waals surface area contributed by atoms with Crippen LogP contribution in [0.3, 0.4) is 0 Å². The van der Waals surface area contributed by atoms with Crippen molar-refractivity contribution in [3.63, 3.8) is 0 Å². The van der Waals surface area contributed by atoms with Gasteiger partial charge in [-0.25, -0.2) is 0 Å². The third-order valence-corrected chi connectivity index (χ3v) is 4.34. The molecule has 20 heavy (non-hydrogen) atoms. The van der Waals surface area contributed by atoms with Crippen molar-refractivity contribution >= 4 is 0 Å². The Bertz CT molecular complexity index is 559. The molecule has 0 saturated heterocycles. The average Bonchev–Trinajstić information content (AvgIpc) is 2.43. The van der Waals surface area contributed by atoms with Crippen molar-refractivity contribution in [2.24, 2.45) is 0 Å². The van der Waals surface area contributed by atoms with Crippen molar-refractivity contribution in [2.75, 3.05) is 0 Å². The standard InChI is InChI=1S/C18H22N2/c1-13-4-3-5-16(10-13)17-11-18(12-17)20-14(2)15-6-8-19-9-7-15/h3-10,14,17-18,20H,11-12H2,1-2H3/t14-,17?,18?/m0/s1. The molecule has 1 aromatic heterocycles. The van der Waals surface area contributed by atoms with E-state index in [1.54, 1.807) is 0 Å². The zero-order valence-electron chi connectivity index (χ0n) is 12.2. The minimum atomic E-state index is 0.404. The minimum Gasteiger partial charge on any atom is -0.307 e. The number of benzene rings is 1. The van der Waals surface area contributed by atoms with E-state index in [-0.39, 0.29) is 0 Å². The van der Waals surface area contributed by atoms with E-state index < -0.39 is 0 Å². The summed E-state index contributed by atoms with van der Waals surface area (Å²) in [6.07, 6.45) is 6.23. The lowest BCUT2D eigenvalue weighted by Gasteiger charge is -2.38. The molecule has 1 heterocycles. The largest absolute Gasteiger partial charge is 0.307 e. The lowest BCUT2D eigenvalue weighted by atomic mass is 9.75. The van der Waals surface area contributed by atoms with Crippen LogP contribution in [0.2, 0.25) is 0 Å². The Hall–Kier alpha value is -1.67. The number of hydrogen-bond acceptors (Lipinski definition) is 2. The zero-order valence-corrected chi connectivity index (χ0v) is 12.2. The second kappa shape index (κ2) is 5.76. The van der Waals surface area contributed by atoms with Crippen LogP contribution in [-0.4, -0.2) is 11.0 Å². The molecule has 3 rings (SSSR count). The molecular weight excluding hydrogens is 244 g/mol. The second-order valence-corrected chi connectivity index (χ2v) is 5.95. The first kappa shape index (κ1) is 13.3. The van der Waals surface area contributed by atoms with Crippen molar-refractivity contribution in [2.45, 2.75) is 44.7 Å². The maximum atomic E-state index is 4.07. The van der Waals surface area contributed by atoms with E-state index >= 15 is 0 Å². The molecule has 104 valence electrons. The fourth-order valence-corrected chi connectivity index (χ4v) is 3.05. The molecule has 0 aliphatic heterocycles. The van der Waals surface area contributed by atoms with Crippen molar-refractivity contribution in [1.29, 1.82) is 0 Å². The van der Waals surface area contributed by atoms with Gasteiger partial charge in [0.15, 0.2) is 0 Å². The first-order chi connectivity index (χ1) is 9.72. The maximum absolute atomic E-state index is 4.07. The molecule has 2 nitrogen and oxygen atoms in total. The van der Waals surface area contributed by atoms with Crippen LogP contribution in [0.25, 0.3) is 0 Å². The lowest BCUT2D eigenvalue weighted by Crippen LogP contribution is -2.41. The molecule has 1 saturated carbocycles. The van der Waals surface area contributed by atoms with Gasteiger partial charge in [0.05, 0.1) is 0 Å². The van der Waals surface area contributed by atoms with Gasteiger partial charge in [0.2, 0.25) is 0 Å². The molecule has 1 fully saturated rings. The highest BCUT2D eigenvalue weighted by atomic mass is 15.0. The summed E-state index contributed by atoms with van der Waals surface area (Å²) in [7, 11) is 0. The molecule has 1 aliphatic rings. The molecule has 1 atom stereocenters. The summed E-state index contributed by atoms with van der Waals surface area (Å²) in [6, 6.07) is 14.2. The van der Waals surface area contributed by atoms with Crippen molar-refractivity contribution in [3.8, 4) is 0 Å². The molecule has 0 unspecified atom stereocenters. The van der Waals surface area contributed by atoms with Crippen LogP contribution in [0.5, 0.6) is 0 Å². The van der Waals surface area contributed by atoms with Crippen LogP contribution in [0, 0.1) is 6.92 Å². The van der Waals surface area contributed by atoms with Crippen LogP contribution in [0.4, 0.5) is 0 Å². The molecule has 0 spiro atoms. The van der Waals surface area contributed by atoms with Gasteiger partial charge in [-0.3, -0.25) is 4.98 Å². The number of pyridine rings is 1. The summed E-state index contributed by atoms with van der Waals surface area (Å²) in [5.74, 6) is 0.733. The monoisotopic (exact) mass is 266 g/mol. The second-order valence-electron chi connectivity index (χ2n) is 5.95. The van der Waals surface area contributed by atoms with E-state index in [1.807, 2.05) is 12.4 Å². The molecule has 1 N–H and O–H groups in total. The summed E-state index contributed by atoms with van der Waals surface area (Å²) >= 11 is 0. The fourth-order valence-electron chi connectivity index (χ4n) is 3.05. The number of aromatic nitrogens is 1. The normalized spacial score (nSPS) is 23.1. The third-order valence-electron chi connectivity index (χ3n) is 4.34. The lowest BCUT2D eigenvalue weighted by molar-refractivity contribution is 0.271. The molecule has 2 aromatic rings. The smallest absolute Gasteiger partial charge is 0.0295 e. The van der Waals surface area contributed by atoms with E-state index in [2.05, 4.69) is 60.5 Å². The molecule has 0 amide bonds. The van der Waals surface area contributed by atoms with Crippen LogP contribution >= 0.6 is 0 Å². The van der Waals surface area contributed by atoms with Crippen LogP contribution in [-0.2, 0) is 0 Å². The predicted molar refractivity (Wildman–Crippen MR) is 82.7 cm³/mol. The Morgan fingerprint density at radius 3 is 2.60 bits per heavy atom. The van der Waals surface area contributed by atoms with E-state index in [9.17, 15) is 0 Å². The Balaban J connectivity index is 1.54. The Kier molecular flexibility index (Phi) is 3.83. The molecule has 0 bridgehead atoms. The third kappa shape index (κ3) is 2.91. The SMILES string of the molecule is Cc1cccc(C2CC(N[C@@H](C)c3ccncc3)C2)c1. The van der Waals surface area contributed by atoms with Gasteiger partial charge in [-0.15, -0.1) is 0 Å². The van der Waals surface area contributed by atoms with E-state index in [1.165, 1.54) is 29.5 Å². The van der Waals surface area contributed by atoms with E-state index in [0.717, 1.165) is 5.92 Å². The van der Waals surface area contributed by atoms with E-state index in [0.29, 0.717) is 12.1 Å². The van der Waals surface area contributed by atoms with Crippen molar-refractivity contribution in [3.05, 3.63) is 65.5 Å². The molecule has 2 heteroatoms. The fraction of sp³-hybridized carbons (Fsp3) is 0.389. The van der Waals surface area contributed by atoms with Gasteiger partial charge < -0.3 is 5.32 Å². The summed E-state index contributed by atoms with van der Waals surface area (Å²) in [5, 5.41) is 3.72. The molecular formula is C18H22N2. The van der Waals surface area contributed by atoms with Gasteiger partial charge in [0, 0.05) is 24.5 Å². The first-order valence-electron chi connectivity index (χ1n) is 7.45. The number of aryl methyl sites for hydroxylation is 1.